The molecule has 0 aromatic heterocycles. The fourth-order valence-corrected chi connectivity index (χ4v) is 4.45. The number of nitrogens with zero attached hydrogens (tertiary/aromatic N) is 1. The van der Waals surface area contributed by atoms with Crippen molar-refractivity contribution in [2.24, 2.45) is 0 Å². The molecule has 2 aliphatic heterocycles. The lowest BCUT2D eigenvalue weighted by atomic mass is 9.94. The predicted molar refractivity (Wildman–Crippen MR) is 119 cm³/mol. The van der Waals surface area contributed by atoms with Gasteiger partial charge in [-0.1, -0.05) is 24.3 Å². The van der Waals surface area contributed by atoms with Gasteiger partial charge in [0, 0.05) is 13.1 Å². The summed E-state index contributed by atoms with van der Waals surface area (Å²) in [6, 6.07) is 11.2. The van der Waals surface area contributed by atoms with Gasteiger partial charge in [-0.05, 0) is 42.7 Å². The third-order valence-electron chi connectivity index (χ3n) is 6.16. The fraction of sp³-hybridized carbons (Fsp3) is 0.440. The monoisotopic (exact) mass is 474 g/mol. The Bertz CT molecular complexity index is 1000. The van der Waals surface area contributed by atoms with Crippen LogP contribution in [0.2, 0.25) is 0 Å². The molecule has 2 aromatic carbocycles. The van der Waals surface area contributed by atoms with Crippen LogP contribution in [0.15, 0.2) is 48.5 Å². The number of halogens is 2. The third kappa shape index (κ3) is 5.97. The molecule has 0 saturated carbocycles. The Labute approximate surface area is 196 Å². The van der Waals surface area contributed by atoms with Gasteiger partial charge in [0.15, 0.2) is 0 Å². The lowest BCUT2D eigenvalue weighted by molar-refractivity contribution is -0.151. The lowest BCUT2D eigenvalue weighted by Crippen LogP contribution is -2.57. The Morgan fingerprint density at radius 3 is 2.59 bits per heavy atom. The molecule has 7 nitrogen and oxygen atoms in total. The summed E-state index contributed by atoms with van der Waals surface area (Å²) in [5, 5.41) is 13.1. The standard InChI is InChI=1S/C25H28F2N2O5/c26-17-7-5-16(6-8-17)12-28-24(31)11-19-9-10-22-23(34-19)15-33-14-18(30)13-29(22)25(32)20-3-1-2-4-21(20)27/h1-8,18-19,22-23,30H,9-15H2,(H,28,31)/t18-,19-,22+,23-/m1/s1. The molecule has 4 rings (SSSR count). The highest BCUT2D eigenvalue weighted by molar-refractivity contribution is 5.94. The molecule has 9 heteroatoms. The molecule has 2 fully saturated rings. The van der Waals surface area contributed by atoms with Gasteiger partial charge >= 0.3 is 0 Å². The molecule has 0 radical (unpaired) electrons. The zero-order valence-corrected chi connectivity index (χ0v) is 18.7. The average Bonchev–Trinajstić information content (AvgIpc) is 2.81. The van der Waals surface area contributed by atoms with E-state index in [1.54, 1.807) is 18.2 Å². The van der Waals surface area contributed by atoms with Crippen molar-refractivity contribution in [1.82, 2.24) is 10.2 Å². The van der Waals surface area contributed by atoms with Crippen molar-refractivity contribution in [3.05, 3.63) is 71.3 Å². The Morgan fingerprint density at radius 1 is 1.06 bits per heavy atom. The van der Waals surface area contributed by atoms with E-state index < -0.39 is 30.0 Å². The van der Waals surface area contributed by atoms with Crippen molar-refractivity contribution in [3.8, 4) is 0 Å². The van der Waals surface area contributed by atoms with Gasteiger partial charge in [-0.2, -0.15) is 0 Å². The van der Waals surface area contributed by atoms with Gasteiger partial charge in [0.05, 0.1) is 43.4 Å². The number of hydrogen-bond donors (Lipinski definition) is 2. The average molecular weight is 475 g/mol. The van der Waals surface area contributed by atoms with E-state index in [-0.39, 0.29) is 56.1 Å². The molecule has 4 atom stereocenters. The van der Waals surface area contributed by atoms with Gasteiger partial charge in [0.25, 0.3) is 5.91 Å². The second kappa shape index (κ2) is 11.0. The number of nitrogens with one attached hydrogen (secondary N) is 1. The van der Waals surface area contributed by atoms with Crippen molar-refractivity contribution in [2.45, 2.75) is 50.2 Å². The van der Waals surface area contributed by atoms with Crippen LogP contribution < -0.4 is 5.32 Å². The van der Waals surface area contributed by atoms with Crippen molar-refractivity contribution >= 4 is 11.8 Å². The quantitative estimate of drug-likeness (QED) is 0.695. The van der Waals surface area contributed by atoms with E-state index in [2.05, 4.69) is 5.32 Å². The third-order valence-corrected chi connectivity index (χ3v) is 6.16. The molecule has 0 bridgehead atoms. The summed E-state index contributed by atoms with van der Waals surface area (Å²) in [7, 11) is 0. The Morgan fingerprint density at radius 2 is 1.82 bits per heavy atom. The molecular weight excluding hydrogens is 446 g/mol. The fourth-order valence-electron chi connectivity index (χ4n) is 4.45. The second-order valence-corrected chi connectivity index (χ2v) is 8.68. The van der Waals surface area contributed by atoms with Gasteiger partial charge in [-0.25, -0.2) is 8.78 Å². The van der Waals surface area contributed by atoms with Gasteiger partial charge in [-0.3, -0.25) is 9.59 Å². The maximum atomic E-state index is 14.3. The van der Waals surface area contributed by atoms with E-state index in [9.17, 15) is 23.5 Å². The van der Waals surface area contributed by atoms with Crippen LogP contribution in [0, 0.1) is 11.6 Å². The van der Waals surface area contributed by atoms with Crippen LogP contribution in [-0.4, -0.2) is 65.9 Å². The number of carbonyl (C=O) groups is 2. The molecule has 2 heterocycles. The van der Waals surface area contributed by atoms with Crippen LogP contribution in [0.25, 0.3) is 0 Å². The summed E-state index contributed by atoms with van der Waals surface area (Å²) in [6.07, 6.45) is -0.598. The summed E-state index contributed by atoms with van der Waals surface area (Å²) >= 11 is 0. The predicted octanol–water partition coefficient (Wildman–Crippen LogP) is 2.42. The summed E-state index contributed by atoms with van der Waals surface area (Å²) in [6.45, 7) is 0.456. The van der Waals surface area contributed by atoms with E-state index >= 15 is 0 Å². The van der Waals surface area contributed by atoms with Crippen LogP contribution in [0.1, 0.15) is 35.2 Å². The second-order valence-electron chi connectivity index (χ2n) is 8.68. The van der Waals surface area contributed by atoms with E-state index in [0.717, 1.165) is 5.56 Å². The molecule has 34 heavy (non-hydrogen) atoms. The lowest BCUT2D eigenvalue weighted by Gasteiger charge is -2.44. The van der Waals surface area contributed by atoms with Gasteiger partial charge in [-0.15, -0.1) is 0 Å². The minimum atomic E-state index is -0.897. The van der Waals surface area contributed by atoms with E-state index in [4.69, 9.17) is 9.47 Å². The van der Waals surface area contributed by atoms with E-state index in [1.165, 1.54) is 35.2 Å². The van der Waals surface area contributed by atoms with Gasteiger partial charge < -0.3 is 24.8 Å². The van der Waals surface area contributed by atoms with Crippen LogP contribution in [-0.2, 0) is 20.8 Å². The van der Waals surface area contributed by atoms with Crippen LogP contribution in [0.5, 0.6) is 0 Å². The number of rotatable bonds is 5. The molecule has 0 aliphatic carbocycles. The maximum Gasteiger partial charge on any atom is 0.257 e. The first-order valence-corrected chi connectivity index (χ1v) is 11.4. The zero-order valence-electron chi connectivity index (χ0n) is 18.7. The first kappa shape index (κ1) is 24.3. The highest BCUT2D eigenvalue weighted by Gasteiger charge is 2.40. The Balaban J connectivity index is 1.39. The Hall–Kier alpha value is -2.88. The molecule has 2 N–H and O–H groups in total. The van der Waals surface area contributed by atoms with Crippen molar-refractivity contribution < 1.29 is 33.0 Å². The largest absolute Gasteiger partial charge is 0.389 e. The van der Waals surface area contributed by atoms with Gasteiger partial charge in [0.2, 0.25) is 5.91 Å². The van der Waals surface area contributed by atoms with Crippen molar-refractivity contribution in [3.63, 3.8) is 0 Å². The Kier molecular flexibility index (Phi) is 7.87. The number of β-amino-alcohol motifs (C(OH)–C–C–N with tert-alkyl or cyclic N) is 1. The molecule has 0 unspecified atom stereocenters. The number of amides is 2. The summed E-state index contributed by atoms with van der Waals surface area (Å²) in [4.78, 5) is 27.1. The molecule has 182 valence electrons. The van der Waals surface area contributed by atoms with Crippen LogP contribution >= 0.6 is 0 Å². The van der Waals surface area contributed by atoms with E-state index in [0.29, 0.717) is 12.8 Å². The number of fused-ring (bicyclic) bond motifs is 1. The molecule has 2 saturated heterocycles. The maximum absolute atomic E-state index is 14.3. The first-order chi connectivity index (χ1) is 16.4. The summed E-state index contributed by atoms with van der Waals surface area (Å²) in [5.41, 5.74) is 0.728. The summed E-state index contributed by atoms with van der Waals surface area (Å²) < 4.78 is 39.0. The van der Waals surface area contributed by atoms with E-state index in [1.807, 2.05) is 0 Å². The zero-order chi connectivity index (χ0) is 24.1. The first-order valence-electron chi connectivity index (χ1n) is 11.4. The highest BCUT2D eigenvalue weighted by Crippen LogP contribution is 2.29. The molecular formula is C25H28F2N2O5. The molecule has 2 amide bonds. The number of carbonyl (C=O) groups excluding carboxylic acids is 2. The molecule has 0 spiro atoms. The topological polar surface area (TPSA) is 88.1 Å². The highest BCUT2D eigenvalue weighted by atomic mass is 19.1. The van der Waals surface area contributed by atoms with Crippen LogP contribution in [0.4, 0.5) is 8.78 Å². The smallest absolute Gasteiger partial charge is 0.257 e. The van der Waals surface area contributed by atoms with Crippen molar-refractivity contribution in [2.75, 3.05) is 19.8 Å². The number of hydrogen-bond acceptors (Lipinski definition) is 5. The SMILES string of the molecule is O=C(C[C@H]1CC[C@H]2[C@@H](COC[C@H](O)CN2C(=O)c2ccccc2F)O1)NCc1ccc(F)cc1. The minimum Gasteiger partial charge on any atom is -0.389 e. The molecule has 2 aromatic rings. The van der Waals surface area contributed by atoms with Crippen molar-refractivity contribution in [1.29, 1.82) is 0 Å². The summed E-state index contributed by atoms with van der Waals surface area (Å²) in [5.74, 6) is -1.66. The van der Waals surface area contributed by atoms with Crippen LogP contribution in [0.3, 0.4) is 0 Å². The number of aliphatic hydroxyl groups is 1. The normalized spacial score (nSPS) is 25.1. The minimum absolute atomic E-state index is 0.000513. The number of benzene rings is 2. The molecule has 2 aliphatic rings. The number of aliphatic hydroxyl groups excluding tert-OH is 1. The van der Waals surface area contributed by atoms with Gasteiger partial charge in [0.1, 0.15) is 17.7 Å². The number of ether oxygens (including phenoxy) is 2.